The fourth-order valence-corrected chi connectivity index (χ4v) is 2.26. The summed E-state index contributed by atoms with van der Waals surface area (Å²) in [5.74, 6) is 5.94. The van der Waals surface area contributed by atoms with E-state index in [1.165, 1.54) is 5.56 Å². The van der Waals surface area contributed by atoms with E-state index in [-0.39, 0.29) is 5.91 Å². The van der Waals surface area contributed by atoms with Gasteiger partial charge >= 0.3 is 0 Å². The number of benzene rings is 1. The number of hydrazine groups is 1. The fourth-order valence-electron chi connectivity index (χ4n) is 2.26. The van der Waals surface area contributed by atoms with Crippen LogP contribution in [0.3, 0.4) is 0 Å². The van der Waals surface area contributed by atoms with Gasteiger partial charge in [0.15, 0.2) is 0 Å². The Bertz CT molecular complexity index is 423. The zero-order valence-electron chi connectivity index (χ0n) is 11.1. The van der Waals surface area contributed by atoms with Crippen molar-refractivity contribution in [3.63, 3.8) is 0 Å². The molecule has 5 heteroatoms. The Balaban J connectivity index is 1.78. The molecule has 0 spiro atoms. The molecule has 1 aromatic carbocycles. The van der Waals surface area contributed by atoms with Gasteiger partial charge in [0.05, 0.1) is 0 Å². The molecule has 0 aromatic heterocycles. The highest BCUT2D eigenvalue weighted by molar-refractivity contribution is 5.75. The fraction of sp³-hybridized carbons (Fsp3) is 0.500. The summed E-state index contributed by atoms with van der Waals surface area (Å²) in [6.45, 7) is 3.55. The molecule has 0 saturated carbocycles. The number of carbonyl (C=O) groups is 1. The van der Waals surface area contributed by atoms with Crippen LogP contribution >= 0.6 is 0 Å². The Hall–Kier alpha value is -1.59. The van der Waals surface area contributed by atoms with Gasteiger partial charge in [0.1, 0.15) is 12.4 Å². The van der Waals surface area contributed by atoms with Crippen molar-refractivity contribution in [1.82, 2.24) is 10.3 Å². The molecule has 104 valence electrons. The number of nitrogens with one attached hydrogen (secondary N) is 1. The molecular weight excluding hydrogens is 242 g/mol. The van der Waals surface area contributed by atoms with Crippen molar-refractivity contribution in [2.45, 2.75) is 25.8 Å². The van der Waals surface area contributed by atoms with E-state index >= 15 is 0 Å². The number of amides is 1. The van der Waals surface area contributed by atoms with Gasteiger partial charge in [0.2, 0.25) is 5.91 Å². The predicted octanol–water partition coefficient (Wildman–Crippen LogP) is 1.04. The van der Waals surface area contributed by atoms with Crippen molar-refractivity contribution in [2.75, 3.05) is 19.7 Å². The van der Waals surface area contributed by atoms with Gasteiger partial charge in [-0.25, -0.2) is 5.84 Å². The molecule has 0 unspecified atom stereocenters. The van der Waals surface area contributed by atoms with Crippen LogP contribution in [0, 0.1) is 0 Å². The third kappa shape index (κ3) is 4.22. The Kier molecular flexibility index (Phi) is 5.18. The molecule has 1 heterocycles. The van der Waals surface area contributed by atoms with Crippen LogP contribution in [0.25, 0.3) is 0 Å². The monoisotopic (exact) mass is 263 g/mol. The first kappa shape index (κ1) is 13.8. The summed E-state index contributed by atoms with van der Waals surface area (Å²) in [5, 5.41) is 0. The molecule has 0 aliphatic carbocycles. The second-order valence-corrected chi connectivity index (χ2v) is 4.76. The zero-order valence-corrected chi connectivity index (χ0v) is 11.1. The molecule has 0 fully saturated rings. The summed E-state index contributed by atoms with van der Waals surface area (Å²) < 4.78 is 5.72. The van der Waals surface area contributed by atoms with E-state index in [4.69, 9.17) is 10.6 Å². The quantitative estimate of drug-likeness (QED) is 0.360. The highest BCUT2D eigenvalue weighted by Gasteiger charge is 2.14. The highest BCUT2D eigenvalue weighted by Crippen LogP contribution is 2.22. The van der Waals surface area contributed by atoms with Crippen molar-refractivity contribution >= 4 is 5.91 Å². The van der Waals surface area contributed by atoms with Gasteiger partial charge in [-0.3, -0.25) is 15.1 Å². The van der Waals surface area contributed by atoms with E-state index in [1.807, 2.05) is 18.2 Å². The van der Waals surface area contributed by atoms with Crippen LogP contribution in [-0.4, -0.2) is 30.5 Å². The lowest BCUT2D eigenvalue weighted by Gasteiger charge is -2.18. The number of hydrogen-bond acceptors (Lipinski definition) is 4. The van der Waals surface area contributed by atoms with Gasteiger partial charge in [0, 0.05) is 25.1 Å². The van der Waals surface area contributed by atoms with E-state index < -0.39 is 0 Å². The SMILES string of the molecule is NNC(=O)CCCCN1CCOc2ccccc2C1. The van der Waals surface area contributed by atoms with Crippen LogP contribution in [0.5, 0.6) is 5.75 Å². The first-order valence-corrected chi connectivity index (χ1v) is 6.72. The van der Waals surface area contributed by atoms with E-state index in [9.17, 15) is 4.79 Å². The van der Waals surface area contributed by atoms with Crippen molar-refractivity contribution in [1.29, 1.82) is 0 Å². The van der Waals surface area contributed by atoms with Gasteiger partial charge in [0.25, 0.3) is 0 Å². The van der Waals surface area contributed by atoms with Gasteiger partial charge in [-0.2, -0.15) is 0 Å². The molecular formula is C14H21N3O2. The number of ether oxygens (including phenoxy) is 1. The Labute approximate surface area is 113 Å². The molecule has 0 saturated heterocycles. The van der Waals surface area contributed by atoms with Crippen molar-refractivity contribution in [3.8, 4) is 5.75 Å². The number of unbranched alkanes of at least 4 members (excludes halogenated alkanes) is 1. The number of fused-ring (bicyclic) bond motifs is 1. The maximum atomic E-state index is 11.0. The molecule has 0 bridgehead atoms. The van der Waals surface area contributed by atoms with Crippen molar-refractivity contribution in [2.24, 2.45) is 5.84 Å². The Morgan fingerprint density at radius 3 is 3.05 bits per heavy atom. The predicted molar refractivity (Wildman–Crippen MR) is 73.4 cm³/mol. The summed E-state index contributed by atoms with van der Waals surface area (Å²) in [7, 11) is 0. The molecule has 2 rings (SSSR count). The van der Waals surface area contributed by atoms with Crippen LogP contribution in [0.2, 0.25) is 0 Å². The third-order valence-corrected chi connectivity index (χ3v) is 3.32. The minimum atomic E-state index is -0.0930. The van der Waals surface area contributed by atoms with E-state index in [0.29, 0.717) is 6.42 Å². The number of para-hydroxylation sites is 1. The number of carbonyl (C=O) groups excluding carboxylic acids is 1. The molecule has 1 aliphatic rings. The lowest BCUT2D eigenvalue weighted by molar-refractivity contribution is -0.121. The lowest BCUT2D eigenvalue weighted by atomic mass is 10.1. The van der Waals surface area contributed by atoms with Crippen molar-refractivity contribution in [3.05, 3.63) is 29.8 Å². The van der Waals surface area contributed by atoms with Gasteiger partial charge in [-0.1, -0.05) is 18.2 Å². The Morgan fingerprint density at radius 2 is 2.21 bits per heavy atom. The number of nitrogens with zero attached hydrogens (tertiary/aromatic N) is 1. The first-order chi connectivity index (χ1) is 9.29. The summed E-state index contributed by atoms with van der Waals surface area (Å²) >= 11 is 0. The topological polar surface area (TPSA) is 67.6 Å². The molecule has 19 heavy (non-hydrogen) atoms. The average Bonchev–Trinajstić information content (AvgIpc) is 2.65. The first-order valence-electron chi connectivity index (χ1n) is 6.72. The summed E-state index contributed by atoms with van der Waals surface area (Å²) in [6, 6.07) is 8.16. The highest BCUT2D eigenvalue weighted by atomic mass is 16.5. The minimum Gasteiger partial charge on any atom is -0.492 e. The van der Waals surface area contributed by atoms with E-state index in [0.717, 1.165) is 44.8 Å². The Morgan fingerprint density at radius 1 is 1.37 bits per heavy atom. The molecule has 5 nitrogen and oxygen atoms in total. The van der Waals surface area contributed by atoms with Crippen LogP contribution in [0.1, 0.15) is 24.8 Å². The molecule has 1 aliphatic heterocycles. The molecule has 3 N–H and O–H groups in total. The largest absolute Gasteiger partial charge is 0.492 e. The molecule has 0 radical (unpaired) electrons. The number of nitrogens with two attached hydrogens (primary N) is 1. The summed E-state index contributed by atoms with van der Waals surface area (Å²) in [4.78, 5) is 13.4. The maximum Gasteiger partial charge on any atom is 0.233 e. The number of rotatable bonds is 5. The normalized spacial score (nSPS) is 15.2. The number of hydrogen-bond donors (Lipinski definition) is 2. The maximum absolute atomic E-state index is 11.0. The van der Waals surface area contributed by atoms with Crippen LogP contribution in [-0.2, 0) is 11.3 Å². The average molecular weight is 263 g/mol. The van der Waals surface area contributed by atoms with Gasteiger partial charge < -0.3 is 4.74 Å². The molecule has 1 aromatic rings. The van der Waals surface area contributed by atoms with Gasteiger partial charge in [-0.15, -0.1) is 0 Å². The van der Waals surface area contributed by atoms with Crippen LogP contribution in [0.4, 0.5) is 0 Å². The van der Waals surface area contributed by atoms with E-state index in [2.05, 4.69) is 16.4 Å². The van der Waals surface area contributed by atoms with E-state index in [1.54, 1.807) is 0 Å². The van der Waals surface area contributed by atoms with Crippen LogP contribution < -0.4 is 16.0 Å². The summed E-state index contributed by atoms with van der Waals surface area (Å²) in [5.41, 5.74) is 3.39. The van der Waals surface area contributed by atoms with Crippen molar-refractivity contribution < 1.29 is 9.53 Å². The lowest BCUT2D eigenvalue weighted by Crippen LogP contribution is -2.30. The second kappa shape index (κ2) is 7.11. The van der Waals surface area contributed by atoms with Gasteiger partial charge in [-0.05, 0) is 25.5 Å². The minimum absolute atomic E-state index is 0.0930. The zero-order chi connectivity index (χ0) is 13.5. The second-order valence-electron chi connectivity index (χ2n) is 4.76. The smallest absolute Gasteiger partial charge is 0.233 e. The third-order valence-electron chi connectivity index (χ3n) is 3.32. The molecule has 0 atom stereocenters. The van der Waals surface area contributed by atoms with Crippen LogP contribution in [0.15, 0.2) is 24.3 Å². The summed E-state index contributed by atoms with van der Waals surface area (Å²) in [6.07, 6.45) is 2.36. The standard InChI is InChI=1S/C14H21N3O2/c15-16-14(18)7-3-4-8-17-9-10-19-13-6-2-1-5-12(13)11-17/h1-2,5-6H,3-4,7-11,15H2,(H,16,18). The molecule has 1 amide bonds.